The van der Waals surface area contributed by atoms with Gasteiger partial charge in [-0.1, -0.05) is 24.3 Å². The Morgan fingerprint density at radius 1 is 1.21 bits per heavy atom. The molecule has 24 heavy (non-hydrogen) atoms. The number of rotatable bonds is 10. The van der Waals surface area contributed by atoms with Gasteiger partial charge in [-0.2, -0.15) is 0 Å². The highest BCUT2D eigenvalue weighted by Gasteiger charge is 2.14. The molecule has 0 heterocycles. The third-order valence-corrected chi connectivity index (χ3v) is 3.18. The molecule has 0 fully saturated rings. The van der Waals surface area contributed by atoms with Gasteiger partial charge in [0.25, 0.3) is 5.91 Å². The van der Waals surface area contributed by atoms with Crippen molar-refractivity contribution in [2.75, 3.05) is 33.4 Å². The zero-order valence-corrected chi connectivity index (χ0v) is 14.5. The molecule has 0 aliphatic heterocycles. The van der Waals surface area contributed by atoms with Gasteiger partial charge in [-0.15, -0.1) is 0 Å². The Bertz CT molecular complexity index is 570. The number of hydrogen-bond acceptors (Lipinski definition) is 5. The number of likely N-dealkylation sites (N-methyl/N-ethyl adjacent to an activating group) is 1. The normalized spacial score (nSPS) is 9.96. The Morgan fingerprint density at radius 2 is 1.88 bits per heavy atom. The first kappa shape index (κ1) is 19.5. The van der Waals surface area contributed by atoms with E-state index in [4.69, 9.17) is 14.2 Å². The summed E-state index contributed by atoms with van der Waals surface area (Å²) in [6.07, 6.45) is 0.0535. The van der Waals surface area contributed by atoms with E-state index in [1.54, 1.807) is 24.1 Å². The molecule has 0 saturated carbocycles. The number of ether oxygens (including phenoxy) is 3. The smallest absolute Gasteiger partial charge is 0.309 e. The lowest BCUT2D eigenvalue weighted by Gasteiger charge is -2.20. The van der Waals surface area contributed by atoms with Gasteiger partial charge in [0.2, 0.25) is 0 Å². The lowest BCUT2D eigenvalue weighted by Crippen LogP contribution is -2.35. The molecule has 0 bridgehead atoms. The van der Waals surface area contributed by atoms with Crippen LogP contribution in [0.2, 0.25) is 0 Å². The molecule has 1 aromatic rings. The highest BCUT2D eigenvalue weighted by molar-refractivity contribution is 5.80. The second-order valence-corrected chi connectivity index (χ2v) is 5.28. The van der Waals surface area contributed by atoms with E-state index in [-0.39, 0.29) is 25.5 Å². The van der Waals surface area contributed by atoms with E-state index in [1.165, 1.54) is 0 Å². The summed E-state index contributed by atoms with van der Waals surface area (Å²) in [5.41, 5.74) is 0.877. The predicted octanol–water partition coefficient (Wildman–Crippen LogP) is 2.43. The zero-order chi connectivity index (χ0) is 17.9. The quantitative estimate of drug-likeness (QED) is 0.485. The summed E-state index contributed by atoms with van der Waals surface area (Å²) in [4.78, 5) is 25.2. The van der Waals surface area contributed by atoms with E-state index < -0.39 is 5.97 Å². The number of esters is 1. The number of hydrogen-bond donors (Lipinski definition) is 0. The Balaban J connectivity index is 2.33. The van der Waals surface area contributed by atoms with Crippen molar-refractivity contribution in [2.45, 2.75) is 20.3 Å². The second kappa shape index (κ2) is 10.3. The Hall–Kier alpha value is -2.50. The molecule has 1 amide bonds. The van der Waals surface area contributed by atoms with Crippen molar-refractivity contribution in [3.63, 3.8) is 0 Å². The predicted molar refractivity (Wildman–Crippen MR) is 91.1 cm³/mol. The molecule has 0 unspecified atom stereocenters. The Kier molecular flexibility index (Phi) is 8.39. The molecule has 0 N–H and O–H groups in total. The van der Waals surface area contributed by atoms with Crippen molar-refractivity contribution in [1.29, 1.82) is 0 Å². The van der Waals surface area contributed by atoms with Gasteiger partial charge in [0, 0.05) is 13.1 Å². The van der Waals surface area contributed by atoms with Gasteiger partial charge >= 0.3 is 5.97 Å². The van der Waals surface area contributed by atoms with Crippen molar-refractivity contribution >= 4 is 11.9 Å². The Labute approximate surface area is 143 Å². The first-order chi connectivity index (χ1) is 11.5. The first-order valence-corrected chi connectivity index (χ1v) is 7.81. The molecule has 0 aliphatic rings. The van der Waals surface area contributed by atoms with Crippen LogP contribution in [-0.4, -0.2) is 50.2 Å². The molecule has 0 aromatic heterocycles. The van der Waals surface area contributed by atoms with Crippen LogP contribution < -0.4 is 9.47 Å². The number of methoxy groups -OCH3 is 1. The topological polar surface area (TPSA) is 65.1 Å². The summed E-state index contributed by atoms with van der Waals surface area (Å²) in [5, 5.41) is 0. The van der Waals surface area contributed by atoms with Crippen molar-refractivity contribution in [3.05, 3.63) is 36.4 Å². The third-order valence-electron chi connectivity index (χ3n) is 3.18. The highest BCUT2D eigenvalue weighted by atomic mass is 16.5. The third kappa shape index (κ3) is 6.73. The summed E-state index contributed by atoms with van der Waals surface area (Å²) < 4.78 is 15.6. The number of nitrogens with zero attached hydrogens (tertiary/aromatic N) is 1. The standard InChI is InChI=1S/C18H25NO5/c1-5-19(12-14(2)3)17(20)13-24-18(21)10-11-23-16-9-7-6-8-15(16)22-4/h6-9H,2,5,10-13H2,1,3-4H3. The van der Waals surface area contributed by atoms with Gasteiger partial charge in [-0.3, -0.25) is 9.59 Å². The summed E-state index contributed by atoms with van der Waals surface area (Å²) >= 11 is 0. The minimum Gasteiger partial charge on any atom is -0.493 e. The molecule has 6 heteroatoms. The summed E-state index contributed by atoms with van der Waals surface area (Å²) in [6.45, 7) is 8.37. The van der Waals surface area contributed by atoms with Crippen LogP contribution in [0.3, 0.4) is 0 Å². The van der Waals surface area contributed by atoms with Crippen molar-refractivity contribution in [3.8, 4) is 11.5 Å². The van der Waals surface area contributed by atoms with Crippen LogP contribution in [0, 0.1) is 0 Å². The SMILES string of the molecule is C=C(C)CN(CC)C(=O)COC(=O)CCOc1ccccc1OC. The van der Waals surface area contributed by atoms with Crippen LogP contribution >= 0.6 is 0 Å². The molecule has 0 atom stereocenters. The molecule has 132 valence electrons. The van der Waals surface area contributed by atoms with E-state index in [1.807, 2.05) is 26.0 Å². The average molecular weight is 335 g/mol. The van der Waals surface area contributed by atoms with Gasteiger partial charge in [0.1, 0.15) is 0 Å². The van der Waals surface area contributed by atoms with Crippen LogP contribution in [0.15, 0.2) is 36.4 Å². The van der Waals surface area contributed by atoms with Gasteiger partial charge in [-0.25, -0.2) is 0 Å². The summed E-state index contributed by atoms with van der Waals surface area (Å²) in [6, 6.07) is 7.17. The maximum absolute atomic E-state index is 12.0. The molecule has 0 aliphatic carbocycles. The number of benzene rings is 1. The molecular weight excluding hydrogens is 310 g/mol. The second-order valence-electron chi connectivity index (χ2n) is 5.28. The maximum Gasteiger partial charge on any atom is 0.309 e. The number of para-hydroxylation sites is 2. The van der Waals surface area contributed by atoms with Gasteiger partial charge < -0.3 is 19.1 Å². The van der Waals surface area contributed by atoms with E-state index in [0.717, 1.165) is 5.57 Å². The van der Waals surface area contributed by atoms with Crippen molar-refractivity contribution < 1.29 is 23.8 Å². The molecule has 0 saturated heterocycles. The van der Waals surface area contributed by atoms with E-state index in [0.29, 0.717) is 24.6 Å². The number of carbonyl (C=O) groups is 2. The fraction of sp³-hybridized carbons (Fsp3) is 0.444. The van der Waals surface area contributed by atoms with Gasteiger partial charge in [0.15, 0.2) is 18.1 Å². The Morgan fingerprint density at radius 3 is 2.46 bits per heavy atom. The van der Waals surface area contributed by atoms with Crippen LogP contribution in [0.25, 0.3) is 0 Å². The molecule has 0 spiro atoms. The monoisotopic (exact) mass is 335 g/mol. The van der Waals surface area contributed by atoms with E-state index in [2.05, 4.69) is 6.58 Å². The van der Waals surface area contributed by atoms with Crippen LogP contribution in [0.1, 0.15) is 20.3 Å². The van der Waals surface area contributed by atoms with Gasteiger partial charge in [-0.05, 0) is 26.0 Å². The average Bonchev–Trinajstić information content (AvgIpc) is 2.57. The summed E-state index contributed by atoms with van der Waals surface area (Å²) in [7, 11) is 1.55. The van der Waals surface area contributed by atoms with Crippen LogP contribution in [0.4, 0.5) is 0 Å². The fourth-order valence-corrected chi connectivity index (χ4v) is 1.99. The maximum atomic E-state index is 12.0. The largest absolute Gasteiger partial charge is 0.493 e. The van der Waals surface area contributed by atoms with Crippen molar-refractivity contribution in [2.24, 2.45) is 0 Å². The van der Waals surface area contributed by atoms with Gasteiger partial charge in [0.05, 0.1) is 20.1 Å². The first-order valence-electron chi connectivity index (χ1n) is 7.81. The van der Waals surface area contributed by atoms with Crippen LogP contribution in [0.5, 0.6) is 11.5 Å². The number of amides is 1. The lowest BCUT2D eigenvalue weighted by atomic mass is 10.3. The fourth-order valence-electron chi connectivity index (χ4n) is 1.99. The number of carbonyl (C=O) groups excluding carboxylic acids is 2. The molecule has 1 aromatic carbocycles. The van der Waals surface area contributed by atoms with Crippen molar-refractivity contribution in [1.82, 2.24) is 4.90 Å². The molecule has 6 nitrogen and oxygen atoms in total. The molecule has 1 rings (SSSR count). The van der Waals surface area contributed by atoms with E-state index in [9.17, 15) is 9.59 Å². The zero-order valence-electron chi connectivity index (χ0n) is 14.5. The van der Waals surface area contributed by atoms with Crippen LogP contribution in [-0.2, 0) is 14.3 Å². The lowest BCUT2D eigenvalue weighted by molar-refractivity contribution is -0.152. The van der Waals surface area contributed by atoms with E-state index >= 15 is 0 Å². The summed E-state index contributed by atoms with van der Waals surface area (Å²) in [5.74, 6) is 0.436. The molecule has 0 radical (unpaired) electrons. The minimum atomic E-state index is -0.482. The molecular formula is C18H25NO5. The highest BCUT2D eigenvalue weighted by Crippen LogP contribution is 2.25. The minimum absolute atomic E-state index is 0.0535.